The normalized spacial score (nSPS) is 10.6. The van der Waals surface area contributed by atoms with Gasteiger partial charge in [0.05, 0.1) is 16.3 Å². The number of carbonyl (C=O) groups excluding carboxylic acids is 1. The third-order valence-corrected chi connectivity index (χ3v) is 4.29. The molecule has 0 saturated carbocycles. The molecular weight excluding hydrogens is 400 g/mol. The lowest BCUT2D eigenvalue weighted by Gasteiger charge is -2.09. The monoisotopic (exact) mass is 414 g/mol. The number of nitrogens with zero attached hydrogens (tertiary/aromatic N) is 3. The van der Waals surface area contributed by atoms with Crippen molar-refractivity contribution in [3.8, 4) is 5.69 Å². The van der Waals surface area contributed by atoms with Crippen LogP contribution in [0.4, 0.5) is 11.5 Å². The molecular formula is C18H15BrN4O3. The van der Waals surface area contributed by atoms with Gasteiger partial charge in [-0.15, -0.1) is 0 Å². The summed E-state index contributed by atoms with van der Waals surface area (Å²) >= 11 is 3.41. The van der Waals surface area contributed by atoms with Gasteiger partial charge in [0.25, 0.3) is 11.6 Å². The molecule has 132 valence electrons. The minimum Gasteiger partial charge on any atom is -0.306 e. The number of aryl methyl sites for hydroxylation is 2. The van der Waals surface area contributed by atoms with Crippen LogP contribution >= 0.6 is 15.9 Å². The van der Waals surface area contributed by atoms with Crippen molar-refractivity contribution in [2.45, 2.75) is 13.8 Å². The molecule has 1 amide bonds. The van der Waals surface area contributed by atoms with Crippen molar-refractivity contribution in [2.75, 3.05) is 5.32 Å². The molecule has 0 bridgehead atoms. The van der Waals surface area contributed by atoms with E-state index in [1.807, 2.05) is 31.2 Å². The number of nitro benzene ring substituents is 1. The van der Waals surface area contributed by atoms with E-state index in [4.69, 9.17) is 0 Å². The molecule has 8 heteroatoms. The number of carbonyl (C=O) groups is 1. The fourth-order valence-electron chi connectivity index (χ4n) is 2.53. The van der Waals surface area contributed by atoms with Crippen LogP contribution in [0, 0.1) is 24.0 Å². The molecule has 0 aliphatic carbocycles. The molecule has 7 nitrogen and oxygen atoms in total. The maximum absolute atomic E-state index is 12.6. The summed E-state index contributed by atoms with van der Waals surface area (Å²) in [6, 6.07) is 13.6. The van der Waals surface area contributed by atoms with Crippen molar-refractivity contribution in [3.05, 3.63) is 79.9 Å². The molecule has 0 saturated heterocycles. The third kappa shape index (κ3) is 3.65. The first-order valence-electron chi connectivity index (χ1n) is 7.74. The molecule has 0 atom stereocenters. The molecule has 1 heterocycles. The minimum atomic E-state index is -0.498. The van der Waals surface area contributed by atoms with Crippen molar-refractivity contribution in [2.24, 2.45) is 0 Å². The number of nitro groups is 1. The van der Waals surface area contributed by atoms with Crippen LogP contribution in [-0.4, -0.2) is 20.6 Å². The number of benzene rings is 2. The van der Waals surface area contributed by atoms with E-state index >= 15 is 0 Å². The average Bonchev–Trinajstić information content (AvgIpc) is 2.95. The zero-order valence-corrected chi connectivity index (χ0v) is 15.6. The number of nitrogens with one attached hydrogen (secondary N) is 1. The molecule has 0 spiro atoms. The third-order valence-electron chi connectivity index (χ3n) is 3.79. The van der Waals surface area contributed by atoms with Gasteiger partial charge < -0.3 is 5.32 Å². The minimum absolute atomic E-state index is 0.0886. The van der Waals surface area contributed by atoms with Gasteiger partial charge in [0, 0.05) is 27.7 Å². The van der Waals surface area contributed by atoms with E-state index < -0.39 is 10.8 Å². The molecule has 0 radical (unpaired) electrons. The molecule has 1 aromatic heterocycles. The second-order valence-corrected chi connectivity index (χ2v) is 6.69. The van der Waals surface area contributed by atoms with Gasteiger partial charge in [-0.2, -0.15) is 5.10 Å². The molecule has 0 fully saturated rings. The van der Waals surface area contributed by atoms with E-state index in [-0.39, 0.29) is 11.3 Å². The van der Waals surface area contributed by atoms with Crippen molar-refractivity contribution in [3.63, 3.8) is 0 Å². The Labute approximate surface area is 157 Å². The van der Waals surface area contributed by atoms with Crippen LogP contribution < -0.4 is 5.32 Å². The number of rotatable bonds is 4. The highest BCUT2D eigenvalue weighted by atomic mass is 79.9. The molecule has 0 aliphatic rings. The fraction of sp³-hybridized carbons (Fsp3) is 0.111. The highest BCUT2D eigenvalue weighted by Gasteiger charge is 2.17. The van der Waals surface area contributed by atoms with E-state index in [0.29, 0.717) is 11.4 Å². The lowest BCUT2D eigenvalue weighted by molar-refractivity contribution is -0.385. The lowest BCUT2D eigenvalue weighted by Crippen LogP contribution is -2.15. The summed E-state index contributed by atoms with van der Waals surface area (Å²) in [5, 5.41) is 18.3. The number of anilines is 1. The number of amides is 1. The summed E-state index contributed by atoms with van der Waals surface area (Å²) in [6.07, 6.45) is 0. The largest absolute Gasteiger partial charge is 0.306 e. The van der Waals surface area contributed by atoms with Crippen LogP contribution in [0.2, 0.25) is 0 Å². The zero-order valence-electron chi connectivity index (χ0n) is 14.1. The van der Waals surface area contributed by atoms with Crippen LogP contribution in [0.15, 0.2) is 53.0 Å². The Morgan fingerprint density at radius 2 is 1.96 bits per heavy atom. The Hall–Kier alpha value is -3.00. The molecule has 0 aliphatic heterocycles. The Morgan fingerprint density at radius 3 is 2.65 bits per heavy atom. The van der Waals surface area contributed by atoms with Gasteiger partial charge in [0.2, 0.25) is 0 Å². The van der Waals surface area contributed by atoms with E-state index in [1.54, 1.807) is 29.8 Å². The second kappa shape index (κ2) is 7.09. The summed E-state index contributed by atoms with van der Waals surface area (Å²) in [5.41, 5.74) is 2.13. The SMILES string of the molecule is Cc1cc(NC(=O)c2ccc(C)c([N+](=O)[O-])c2)n(-c2cccc(Br)c2)n1. The number of hydrogen-bond acceptors (Lipinski definition) is 4. The molecule has 3 rings (SSSR count). The predicted octanol–water partition coefficient (Wildman–Crippen LogP) is 4.41. The van der Waals surface area contributed by atoms with Crippen molar-refractivity contribution in [1.82, 2.24) is 9.78 Å². The molecule has 2 aromatic carbocycles. The molecule has 3 aromatic rings. The van der Waals surface area contributed by atoms with Gasteiger partial charge in [-0.1, -0.05) is 28.1 Å². The van der Waals surface area contributed by atoms with E-state index in [9.17, 15) is 14.9 Å². The standard InChI is InChI=1S/C18H15BrN4O3/c1-11-6-7-13(9-16(11)23(25)26)18(24)20-17-8-12(2)21-22(17)15-5-3-4-14(19)10-15/h3-10H,1-2H3,(H,20,24). The van der Waals surface area contributed by atoms with Gasteiger partial charge in [0.1, 0.15) is 5.82 Å². The van der Waals surface area contributed by atoms with Crippen LogP contribution in [0.1, 0.15) is 21.6 Å². The smallest absolute Gasteiger partial charge is 0.273 e. The van der Waals surface area contributed by atoms with E-state index in [1.165, 1.54) is 6.07 Å². The highest BCUT2D eigenvalue weighted by molar-refractivity contribution is 9.10. The lowest BCUT2D eigenvalue weighted by atomic mass is 10.1. The first-order valence-corrected chi connectivity index (χ1v) is 8.53. The van der Waals surface area contributed by atoms with E-state index in [0.717, 1.165) is 15.9 Å². The Bertz CT molecular complexity index is 1010. The first kappa shape index (κ1) is 17.8. The van der Waals surface area contributed by atoms with Crippen molar-refractivity contribution < 1.29 is 9.72 Å². The van der Waals surface area contributed by atoms with Gasteiger partial charge in [-0.3, -0.25) is 14.9 Å². The number of aromatic nitrogens is 2. The van der Waals surface area contributed by atoms with Gasteiger partial charge in [0.15, 0.2) is 0 Å². The Balaban J connectivity index is 1.94. The summed E-state index contributed by atoms with van der Waals surface area (Å²) in [4.78, 5) is 23.2. The summed E-state index contributed by atoms with van der Waals surface area (Å²) in [7, 11) is 0. The van der Waals surface area contributed by atoms with E-state index in [2.05, 4.69) is 26.3 Å². The topological polar surface area (TPSA) is 90.1 Å². The highest BCUT2D eigenvalue weighted by Crippen LogP contribution is 2.23. The van der Waals surface area contributed by atoms with Gasteiger partial charge in [-0.25, -0.2) is 4.68 Å². The number of hydrogen-bond donors (Lipinski definition) is 1. The van der Waals surface area contributed by atoms with Crippen LogP contribution in [0.3, 0.4) is 0 Å². The quantitative estimate of drug-likeness (QED) is 0.505. The van der Waals surface area contributed by atoms with Crippen LogP contribution in [0.5, 0.6) is 0 Å². The zero-order chi connectivity index (χ0) is 18.8. The van der Waals surface area contributed by atoms with Crippen molar-refractivity contribution >= 4 is 33.3 Å². The van der Waals surface area contributed by atoms with Gasteiger partial charge >= 0.3 is 0 Å². The summed E-state index contributed by atoms with van der Waals surface area (Å²) in [6.45, 7) is 3.45. The van der Waals surface area contributed by atoms with Gasteiger partial charge in [-0.05, 0) is 38.1 Å². The first-order chi connectivity index (χ1) is 12.3. The molecule has 0 unspecified atom stereocenters. The second-order valence-electron chi connectivity index (χ2n) is 5.78. The van der Waals surface area contributed by atoms with Crippen LogP contribution in [0.25, 0.3) is 5.69 Å². The van der Waals surface area contributed by atoms with Crippen molar-refractivity contribution in [1.29, 1.82) is 0 Å². The maximum atomic E-state index is 12.6. The number of halogens is 1. The molecule has 26 heavy (non-hydrogen) atoms. The summed E-state index contributed by atoms with van der Waals surface area (Å²) in [5.74, 6) is 0.0399. The average molecular weight is 415 g/mol. The maximum Gasteiger partial charge on any atom is 0.273 e. The summed E-state index contributed by atoms with van der Waals surface area (Å²) < 4.78 is 2.50. The fourth-order valence-corrected chi connectivity index (χ4v) is 2.92. The Morgan fingerprint density at radius 1 is 1.19 bits per heavy atom. The Kier molecular flexibility index (Phi) is 4.85. The predicted molar refractivity (Wildman–Crippen MR) is 102 cm³/mol. The molecule has 1 N–H and O–H groups in total. The van der Waals surface area contributed by atoms with Crippen LogP contribution in [-0.2, 0) is 0 Å².